The number of nitrogens with zero attached hydrogens (tertiary/aromatic N) is 2. The highest BCUT2D eigenvalue weighted by atomic mass is 35.5. The van der Waals surface area contributed by atoms with Gasteiger partial charge >= 0.3 is 0 Å². The minimum Gasteiger partial charge on any atom is -0.387 e. The first kappa shape index (κ1) is 23.6. The van der Waals surface area contributed by atoms with Gasteiger partial charge in [0, 0.05) is 39.3 Å². The van der Waals surface area contributed by atoms with Gasteiger partial charge in [0.1, 0.15) is 0 Å². The summed E-state index contributed by atoms with van der Waals surface area (Å²) in [7, 11) is -3.42. The number of aryl methyl sites for hydroxylation is 1. The largest absolute Gasteiger partial charge is 0.387 e. The molecule has 2 aliphatic rings. The van der Waals surface area contributed by atoms with Crippen molar-refractivity contribution in [2.75, 3.05) is 45.8 Å². The lowest BCUT2D eigenvalue weighted by atomic mass is 9.93. The zero-order valence-corrected chi connectivity index (χ0v) is 17.5. The number of hydrogen-bond donors (Lipinski definition) is 2. The van der Waals surface area contributed by atoms with E-state index < -0.39 is 15.6 Å². The SMILES string of the molecule is Cc1ccc(S(=O)(=O)N2CCN(CC3(O)CCCNC3)CC2)cc1.Cl.Cl. The van der Waals surface area contributed by atoms with Gasteiger partial charge in [0.05, 0.1) is 10.5 Å². The second-order valence-corrected chi connectivity index (χ2v) is 8.94. The Morgan fingerprint density at radius 3 is 2.27 bits per heavy atom. The Morgan fingerprint density at radius 1 is 1.12 bits per heavy atom. The molecule has 150 valence electrons. The topological polar surface area (TPSA) is 72.9 Å². The molecule has 1 aromatic carbocycles. The van der Waals surface area contributed by atoms with Crippen LogP contribution in [-0.2, 0) is 10.0 Å². The first-order valence-electron chi connectivity index (χ1n) is 8.61. The van der Waals surface area contributed by atoms with Crippen LogP contribution in [0.3, 0.4) is 0 Å². The molecule has 9 heteroatoms. The van der Waals surface area contributed by atoms with Crippen molar-refractivity contribution in [3.63, 3.8) is 0 Å². The number of hydrogen-bond acceptors (Lipinski definition) is 5. The van der Waals surface area contributed by atoms with Gasteiger partial charge in [-0.05, 0) is 38.4 Å². The predicted octanol–water partition coefficient (Wildman–Crippen LogP) is 1.26. The number of halogens is 2. The summed E-state index contributed by atoms with van der Waals surface area (Å²) in [5.74, 6) is 0. The molecule has 26 heavy (non-hydrogen) atoms. The summed E-state index contributed by atoms with van der Waals surface area (Å²) in [5.41, 5.74) is 0.365. The van der Waals surface area contributed by atoms with Crippen molar-refractivity contribution >= 4 is 34.8 Å². The maximum absolute atomic E-state index is 12.7. The van der Waals surface area contributed by atoms with Gasteiger partial charge in [-0.25, -0.2) is 8.42 Å². The lowest BCUT2D eigenvalue weighted by molar-refractivity contribution is -0.0212. The molecule has 0 saturated carbocycles. The van der Waals surface area contributed by atoms with Crippen LogP contribution in [0, 0.1) is 6.92 Å². The highest BCUT2D eigenvalue weighted by Crippen LogP contribution is 2.21. The van der Waals surface area contributed by atoms with Gasteiger partial charge in [-0.3, -0.25) is 4.90 Å². The average molecular weight is 426 g/mol. The fourth-order valence-corrected chi connectivity index (χ4v) is 4.91. The van der Waals surface area contributed by atoms with Crippen LogP contribution in [-0.4, -0.2) is 74.1 Å². The van der Waals surface area contributed by atoms with E-state index in [2.05, 4.69) is 10.2 Å². The molecule has 1 atom stereocenters. The van der Waals surface area contributed by atoms with Crippen LogP contribution >= 0.6 is 24.8 Å². The minimum absolute atomic E-state index is 0. The number of rotatable bonds is 4. The van der Waals surface area contributed by atoms with Crippen molar-refractivity contribution in [2.45, 2.75) is 30.3 Å². The predicted molar refractivity (Wildman–Crippen MR) is 108 cm³/mol. The van der Waals surface area contributed by atoms with E-state index in [4.69, 9.17) is 0 Å². The Bertz CT molecular complexity index is 656. The molecule has 0 aliphatic carbocycles. The zero-order valence-electron chi connectivity index (χ0n) is 15.1. The second-order valence-electron chi connectivity index (χ2n) is 7.00. The highest BCUT2D eigenvalue weighted by molar-refractivity contribution is 7.89. The summed E-state index contributed by atoms with van der Waals surface area (Å²) in [6, 6.07) is 7.00. The summed E-state index contributed by atoms with van der Waals surface area (Å²) in [6.07, 6.45) is 1.79. The van der Waals surface area contributed by atoms with Gasteiger partial charge in [-0.1, -0.05) is 17.7 Å². The lowest BCUT2D eigenvalue weighted by Gasteiger charge is -2.40. The van der Waals surface area contributed by atoms with Crippen LogP contribution in [0.2, 0.25) is 0 Å². The third-order valence-corrected chi connectivity index (χ3v) is 6.87. The molecule has 1 unspecified atom stereocenters. The van der Waals surface area contributed by atoms with Gasteiger partial charge in [0.25, 0.3) is 0 Å². The molecule has 2 saturated heterocycles. The van der Waals surface area contributed by atoms with Crippen LogP contribution in [0.4, 0.5) is 0 Å². The molecule has 1 aromatic rings. The number of benzene rings is 1. The molecule has 0 bridgehead atoms. The third-order valence-electron chi connectivity index (χ3n) is 4.96. The van der Waals surface area contributed by atoms with E-state index in [0.29, 0.717) is 44.2 Å². The molecule has 0 aromatic heterocycles. The smallest absolute Gasteiger partial charge is 0.243 e. The van der Waals surface area contributed by atoms with E-state index in [1.54, 1.807) is 16.4 Å². The molecule has 6 nitrogen and oxygen atoms in total. The zero-order chi connectivity index (χ0) is 17.2. The molecular weight excluding hydrogens is 397 g/mol. The first-order chi connectivity index (χ1) is 11.4. The van der Waals surface area contributed by atoms with Gasteiger partial charge in [0.15, 0.2) is 0 Å². The molecule has 0 radical (unpaired) electrons. The maximum atomic E-state index is 12.7. The molecule has 2 aliphatic heterocycles. The van der Waals surface area contributed by atoms with Crippen molar-refractivity contribution in [1.29, 1.82) is 0 Å². The Balaban J connectivity index is 0.00000169. The van der Waals surface area contributed by atoms with E-state index in [9.17, 15) is 13.5 Å². The number of aliphatic hydroxyl groups is 1. The summed E-state index contributed by atoms with van der Waals surface area (Å²) in [6.45, 7) is 6.40. The molecule has 0 amide bonds. The summed E-state index contributed by atoms with van der Waals surface area (Å²) in [4.78, 5) is 2.53. The molecule has 2 heterocycles. The molecule has 3 rings (SSSR count). The van der Waals surface area contributed by atoms with Gasteiger partial charge in [-0.2, -0.15) is 4.31 Å². The van der Waals surface area contributed by atoms with Crippen LogP contribution in [0.25, 0.3) is 0 Å². The number of nitrogens with one attached hydrogen (secondary N) is 1. The van der Waals surface area contributed by atoms with E-state index in [1.165, 1.54) is 0 Å². The number of sulfonamides is 1. The van der Waals surface area contributed by atoms with Crippen LogP contribution in [0.15, 0.2) is 29.2 Å². The van der Waals surface area contributed by atoms with Crippen LogP contribution in [0.5, 0.6) is 0 Å². The fraction of sp³-hybridized carbons (Fsp3) is 0.647. The highest BCUT2D eigenvalue weighted by Gasteiger charge is 2.34. The monoisotopic (exact) mass is 425 g/mol. The number of piperazine rings is 1. The Morgan fingerprint density at radius 2 is 1.73 bits per heavy atom. The number of piperidine rings is 1. The van der Waals surface area contributed by atoms with Gasteiger partial charge < -0.3 is 10.4 Å². The van der Waals surface area contributed by atoms with Gasteiger partial charge in [0.2, 0.25) is 10.0 Å². The van der Waals surface area contributed by atoms with Crippen molar-refractivity contribution in [3.05, 3.63) is 29.8 Å². The molecule has 2 N–H and O–H groups in total. The van der Waals surface area contributed by atoms with Crippen LogP contribution < -0.4 is 5.32 Å². The molecule has 2 fully saturated rings. The van der Waals surface area contributed by atoms with E-state index in [-0.39, 0.29) is 24.8 Å². The fourth-order valence-electron chi connectivity index (χ4n) is 3.49. The average Bonchev–Trinajstić information content (AvgIpc) is 2.56. The van der Waals surface area contributed by atoms with E-state index >= 15 is 0 Å². The van der Waals surface area contributed by atoms with Crippen molar-refractivity contribution in [2.24, 2.45) is 0 Å². The van der Waals surface area contributed by atoms with Crippen LogP contribution in [0.1, 0.15) is 18.4 Å². The number of β-amino-alcohol motifs (C(OH)–C–C–N with tert-alkyl or cyclic N) is 1. The van der Waals surface area contributed by atoms with E-state index in [0.717, 1.165) is 24.9 Å². The maximum Gasteiger partial charge on any atom is 0.243 e. The standard InChI is InChI=1S/C17H27N3O3S.2ClH/c1-15-3-5-16(6-4-15)24(22,23)20-11-9-19(10-12-20)14-17(21)7-2-8-18-13-17;;/h3-6,18,21H,2,7-14H2,1H3;2*1H. The molecular formula is C17H29Cl2N3O3S. The van der Waals surface area contributed by atoms with Crippen molar-refractivity contribution < 1.29 is 13.5 Å². The lowest BCUT2D eigenvalue weighted by Crippen LogP contribution is -2.57. The van der Waals surface area contributed by atoms with Crippen molar-refractivity contribution in [1.82, 2.24) is 14.5 Å². The molecule has 0 spiro atoms. The van der Waals surface area contributed by atoms with E-state index in [1.807, 2.05) is 19.1 Å². The van der Waals surface area contributed by atoms with Gasteiger partial charge in [-0.15, -0.1) is 24.8 Å². The third kappa shape index (κ3) is 5.55. The summed E-state index contributed by atoms with van der Waals surface area (Å²) in [5, 5.41) is 13.9. The Hall–Kier alpha value is -0.410. The summed E-state index contributed by atoms with van der Waals surface area (Å²) < 4.78 is 27.0. The summed E-state index contributed by atoms with van der Waals surface area (Å²) >= 11 is 0. The minimum atomic E-state index is -3.42. The Labute approximate surface area is 168 Å². The van der Waals surface area contributed by atoms with Crippen molar-refractivity contribution in [3.8, 4) is 0 Å². The quantitative estimate of drug-likeness (QED) is 0.759. The normalized spacial score (nSPS) is 25.2. The first-order valence-corrected chi connectivity index (χ1v) is 10.1. The second kappa shape index (κ2) is 9.68. The Kier molecular flexibility index (Phi) is 8.80.